The molecule has 0 aliphatic carbocycles. The minimum atomic E-state index is -0.167. The first-order valence-electron chi connectivity index (χ1n) is 9.21. The summed E-state index contributed by atoms with van der Waals surface area (Å²) < 4.78 is 10.9. The molecule has 7 nitrogen and oxygen atoms in total. The zero-order valence-electron chi connectivity index (χ0n) is 16.6. The highest BCUT2D eigenvalue weighted by molar-refractivity contribution is 5.96. The summed E-state index contributed by atoms with van der Waals surface area (Å²) in [6, 6.07) is 14.1. The number of aryl methyl sites for hydroxylation is 2. The van der Waals surface area contributed by atoms with E-state index in [0.29, 0.717) is 23.6 Å². The number of hydrogen-bond acceptors (Lipinski definition) is 5. The number of amides is 2. The lowest BCUT2D eigenvalue weighted by atomic mass is 10.1. The largest absolute Gasteiger partial charge is 0.489 e. The van der Waals surface area contributed by atoms with Gasteiger partial charge in [-0.05, 0) is 55.8 Å². The molecule has 150 valence electrons. The molecule has 0 unspecified atom stereocenters. The fraction of sp³-hybridized carbons (Fsp3) is 0.227. The average molecular weight is 393 g/mol. The Labute approximate surface area is 169 Å². The van der Waals surface area contributed by atoms with Gasteiger partial charge in [0.15, 0.2) is 0 Å². The third-order valence-electron chi connectivity index (χ3n) is 4.51. The lowest BCUT2D eigenvalue weighted by molar-refractivity contribution is -0.115. The van der Waals surface area contributed by atoms with Crippen molar-refractivity contribution in [1.82, 2.24) is 10.5 Å². The molecule has 0 spiro atoms. The second-order valence-corrected chi connectivity index (χ2v) is 6.62. The Bertz CT molecular complexity index is 972. The van der Waals surface area contributed by atoms with Crippen LogP contribution in [0.4, 0.5) is 5.69 Å². The second-order valence-electron chi connectivity index (χ2n) is 6.62. The third kappa shape index (κ3) is 5.22. The Hall–Kier alpha value is -3.61. The number of rotatable bonds is 7. The zero-order valence-corrected chi connectivity index (χ0v) is 16.6. The van der Waals surface area contributed by atoms with Crippen molar-refractivity contribution in [2.24, 2.45) is 0 Å². The van der Waals surface area contributed by atoms with Crippen LogP contribution in [0.2, 0.25) is 0 Å². The monoisotopic (exact) mass is 393 g/mol. The summed E-state index contributed by atoms with van der Waals surface area (Å²) in [6.45, 7) is 4.11. The van der Waals surface area contributed by atoms with E-state index in [9.17, 15) is 9.59 Å². The van der Waals surface area contributed by atoms with E-state index in [4.69, 9.17) is 9.26 Å². The molecule has 0 bridgehead atoms. The van der Waals surface area contributed by atoms with Crippen LogP contribution in [0, 0.1) is 13.8 Å². The van der Waals surface area contributed by atoms with Gasteiger partial charge in [0.2, 0.25) is 5.91 Å². The van der Waals surface area contributed by atoms with Crippen LogP contribution >= 0.6 is 0 Å². The first kappa shape index (κ1) is 20.1. The van der Waals surface area contributed by atoms with Gasteiger partial charge >= 0.3 is 0 Å². The molecule has 3 aromatic rings. The van der Waals surface area contributed by atoms with Gasteiger partial charge in [-0.3, -0.25) is 9.59 Å². The molecule has 0 saturated carbocycles. The summed E-state index contributed by atoms with van der Waals surface area (Å²) in [5.74, 6) is 1.15. The SMILES string of the molecule is CNC(=O)c1ccc(NC(=O)Cc2ccc(OCc3c(C)noc3C)cc2)cc1. The molecule has 3 rings (SSSR count). The molecule has 2 amide bonds. The van der Waals surface area contributed by atoms with Crippen LogP contribution in [0.25, 0.3) is 0 Å². The Morgan fingerprint density at radius 1 is 1.03 bits per heavy atom. The smallest absolute Gasteiger partial charge is 0.251 e. The normalized spacial score (nSPS) is 10.4. The van der Waals surface area contributed by atoms with E-state index in [2.05, 4.69) is 15.8 Å². The van der Waals surface area contributed by atoms with Crippen molar-refractivity contribution in [3.8, 4) is 5.75 Å². The van der Waals surface area contributed by atoms with E-state index < -0.39 is 0 Å². The van der Waals surface area contributed by atoms with Crippen molar-refractivity contribution in [3.63, 3.8) is 0 Å². The summed E-state index contributed by atoms with van der Waals surface area (Å²) in [5.41, 5.74) is 3.81. The predicted molar refractivity (Wildman–Crippen MR) is 109 cm³/mol. The standard InChI is InChI=1S/C22H23N3O4/c1-14-20(15(2)29-25-14)13-28-19-10-4-16(5-11-19)12-21(26)24-18-8-6-17(7-9-18)22(27)23-3/h4-11H,12-13H2,1-3H3,(H,23,27)(H,24,26). The molecule has 7 heteroatoms. The van der Waals surface area contributed by atoms with Crippen LogP contribution < -0.4 is 15.4 Å². The molecular formula is C22H23N3O4. The van der Waals surface area contributed by atoms with E-state index in [-0.39, 0.29) is 18.2 Å². The van der Waals surface area contributed by atoms with Crippen molar-refractivity contribution in [2.45, 2.75) is 26.9 Å². The highest BCUT2D eigenvalue weighted by Gasteiger charge is 2.10. The van der Waals surface area contributed by atoms with Crippen molar-refractivity contribution >= 4 is 17.5 Å². The number of aromatic nitrogens is 1. The van der Waals surface area contributed by atoms with E-state index in [1.54, 1.807) is 31.3 Å². The van der Waals surface area contributed by atoms with Gasteiger partial charge in [0.25, 0.3) is 5.91 Å². The van der Waals surface area contributed by atoms with Crippen LogP contribution in [-0.2, 0) is 17.8 Å². The third-order valence-corrected chi connectivity index (χ3v) is 4.51. The molecule has 0 saturated heterocycles. The fourth-order valence-electron chi connectivity index (χ4n) is 2.81. The van der Waals surface area contributed by atoms with Gasteiger partial charge < -0.3 is 19.9 Å². The number of hydrogen-bond donors (Lipinski definition) is 2. The highest BCUT2D eigenvalue weighted by Crippen LogP contribution is 2.18. The summed E-state index contributed by atoms with van der Waals surface area (Å²) >= 11 is 0. The first-order valence-corrected chi connectivity index (χ1v) is 9.21. The van der Waals surface area contributed by atoms with Crippen molar-refractivity contribution in [3.05, 3.63) is 76.7 Å². The van der Waals surface area contributed by atoms with Gasteiger partial charge in [0.05, 0.1) is 17.7 Å². The van der Waals surface area contributed by atoms with Crippen molar-refractivity contribution < 1.29 is 18.8 Å². The van der Waals surface area contributed by atoms with Crippen LogP contribution in [0.1, 0.15) is 32.9 Å². The van der Waals surface area contributed by atoms with E-state index >= 15 is 0 Å². The minimum absolute atomic E-state index is 0.137. The van der Waals surface area contributed by atoms with Gasteiger partial charge in [0.1, 0.15) is 18.1 Å². The molecule has 1 aromatic heterocycles. The Morgan fingerprint density at radius 2 is 1.72 bits per heavy atom. The number of anilines is 1. The van der Waals surface area contributed by atoms with Gasteiger partial charge in [-0.15, -0.1) is 0 Å². The van der Waals surface area contributed by atoms with Crippen molar-refractivity contribution in [1.29, 1.82) is 0 Å². The lowest BCUT2D eigenvalue weighted by Crippen LogP contribution is -2.18. The molecule has 2 N–H and O–H groups in total. The maximum Gasteiger partial charge on any atom is 0.251 e. The van der Waals surface area contributed by atoms with Gasteiger partial charge in [-0.1, -0.05) is 17.3 Å². The quantitative estimate of drug-likeness (QED) is 0.642. The molecule has 0 fully saturated rings. The van der Waals surface area contributed by atoms with Crippen LogP contribution in [-0.4, -0.2) is 24.0 Å². The van der Waals surface area contributed by atoms with E-state index in [1.165, 1.54) is 0 Å². The summed E-state index contributed by atoms with van der Waals surface area (Å²) in [4.78, 5) is 23.8. The average Bonchev–Trinajstić information content (AvgIpc) is 3.05. The molecule has 29 heavy (non-hydrogen) atoms. The van der Waals surface area contributed by atoms with Crippen LogP contribution in [0.15, 0.2) is 53.1 Å². The molecule has 1 heterocycles. The fourth-order valence-corrected chi connectivity index (χ4v) is 2.81. The van der Waals surface area contributed by atoms with Gasteiger partial charge in [-0.2, -0.15) is 0 Å². The molecule has 0 aliphatic heterocycles. The minimum Gasteiger partial charge on any atom is -0.489 e. The molecule has 0 atom stereocenters. The molecule has 0 aliphatic rings. The van der Waals surface area contributed by atoms with Crippen LogP contribution in [0.5, 0.6) is 5.75 Å². The predicted octanol–water partition coefficient (Wildman–Crippen LogP) is 3.41. The second kappa shape index (κ2) is 9.05. The van der Waals surface area contributed by atoms with Gasteiger partial charge in [-0.25, -0.2) is 0 Å². The number of ether oxygens (including phenoxy) is 1. The topological polar surface area (TPSA) is 93.5 Å². The maximum absolute atomic E-state index is 12.3. The van der Waals surface area contributed by atoms with Gasteiger partial charge in [0, 0.05) is 18.3 Å². The Balaban J connectivity index is 1.52. The molecule has 2 aromatic carbocycles. The lowest BCUT2D eigenvalue weighted by Gasteiger charge is -2.08. The molecular weight excluding hydrogens is 370 g/mol. The summed E-state index contributed by atoms with van der Waals surface area (Å²) in [6.07, 6.45) is 0.237. The Morgan fingerprint density at radius 3 is 2.31 bits per heavy atom. The number of nitrogens with one attached hydrogen (secondary N) is 2. The van der Waals surface area contributed by atoms with E-state index in [1.807, 2.05) is 38.1 Å². The number of benzene rings is 2. The zero-order chi connectivity index (χ0) is 20.8. The first-order chi connectivity index (χ1) is 14.0. The Kier molecular flexibility index (Phi) is 6.29. The number of carbonyl (C=O) groups excluding carboxylic acids is 2. The van der Waals surface area contributed by atoms with E-state index in [0.717, 1.165) is 22.6 Å². The van der Waals surface area contributed by atoms with Crippen molar-refractivity contribution in [2.75, 3.05) is 12.4 Å². The summed E-state index contributed by atoms with van der Waals surface area (Å²) in [5, 5.41) is 9.29. The number of nitrogens with zero attached hydrogens (tertiary/aromatic N) is 1. The van der Waals surface area contributed by atoms with Crippen LogP contribution in [0.3, 0.4) is 0 Å². The maximum atomic E-state index is 12.3. The highest BCUT2D eigenvalue weighted by atomic mass is 16.5. The summed E-state index contributed by atoms with van der Waals surface area (Å²) in [7, 11) is 1.57. The molecule has 0 radical (unpaired) electrons. The number of carbonyl (C=O) groups is 2.